The molecule has 3 aromatic carbocycles. The maximum Gasteiger partial charge on any atom is 0.338 e. The van der Waals surface area contributed by atoms with Crippen molar-refractivity contribution in [2.24, 2.45) is 0 Å². The van der Waals surface area contributed by atoms with Crippen LogP contribution in [0.1, 0.15) is 34.2 Å². The lowest BCUT2D eigenvalue weighted by molar-refractivity contribution is 0.0526. The Morgan fingerprint density at radius 2 is 1.73 bits per heavy atom. The minimum atomic E-state index is -0.338. The Bertz CT molecular complexity index is 1310. The third-order valence-corrected chi connectivity index (χ3v) is 5.68. The fraction of sp³-hybridized carbons (Fsp3) is 0.192. The van der Waals surface area contributed by atoms with Gasteiger partial charge in [0.25, 0.3) is 0 Å². The molecular formula is C26H26N4O2S. The normalized spacial score (nSPS) is 10.8. The summed E-state index contributed by atoms with van der Waals surface area (Å²) in [4.78, 5) is 11.8. The molecule has 0 unspecified atom stereocenters. The van der Waals surface area contributed by atoms with Gasteiger partial charge in [0, 0.05) is 5.69 Å². The zero-order chi connectivity index (χ0) is 23.4. The van der Waals surface area contributed by atoms with E-state index in [4.69, 9.17) is 22.1 Å². The van der Waals surface area contributed by atoms with E-state index < -0.39 is 0 Å². The van der Waals surface area contributed by atoms with Crippen molar-refractivity contribution in [2.45, 2.75) is 27.3 Å². The van der Waals surface area contributed by atoms with Crippen LogP contribution < -0.4 is 10.6 Å². The molecule has 0 radical (unpaired) electrons. The van der Waals surface area contributed by atoms with Crippen LogP contribution in [0.3, 0.4) is 0 Å². The molecule has 0 aliphatic carbocycles. The molecule has 0 amide bonds. The molecule has 1 aromatic heterocycles. The highest BCUT2D eigenvalue weighted by molar-refractivity contribution is 7.80. The predicted octanol–water partition coefficient (Wildman–Crippen LogP) is 5.69. The Kier molecular flexibility index (Phi) is 6.70. The molecule has 0 aliphatic heterocycles. The number of benzene rings is 3. The van der Waals surface area contributed by atoms with Crippen molar-refractivity contribution in [3.05, 3.63) is 89.2 Å². The Morgan fingerprint density at radius 1 is 1.00 bits per heavy atom. The third kappa shape index (κ3) is 5.04. The second-order valence-electron chi connectivity index (χ2n) is 7.72. The molecule has 0 atom stereocenters. The first-order valence-electron chi connectivity index (χ1n) is 10.8. The Labute approximate surface area is 198 Å². The molecule has 1 heterocycles. The number of thiocarbonyl (C=S) groups is 1. The van der Waals surface area contributed by atoms with E-state index in [2.05, 4.69) is 53.1 Å². The van der Waals surface area contributed by atoms with Crippen LogP contribution in [0.5, 0.6) is 0 Å². The fourth-order valence-electron chi connectivity index (χ4n) is 3.80. The lowest BCUT2D eigenvalue weighted by Crippen LogP contribution is -2.20. The average Bonchev–Trinajstić information content (AvgIpc) is 3.07. The van der Waals surface area contributed by atoms with Gasteiger partial charge in [-0.05, 0) is 73.6 Å². The summed E-state index contributed by atoms with van der Waals surface area (Å²) in [6, 6.07) is 21.7. The number of ether oxygens (including phenoxy) is 1. The molecule has 4 rings (SSSR count). The average molecular weight is 459 g/mol. The van der Waals surface area contributed by atoms with Gasteiger partial charge in [-0.3, -0.25) is 4.68 Å². The van der Waals surface area contributed by atoms with Gasteiger partial charge in [-0.2, -0.15) is 5.10 Å². The standard InChI is InChI=1S/C26H26N4O2S/c1-4-32-25(31)20-12-14-22(15-13-20)27-26(33)28-24-17(2)29-30(18(24)3)16-21-10-7-9-19-8-5-6-11-23(19)21/h5-15H,4,16H2,1-3H3,(H2,27,28,33). The fourth-order valence-corrected chi connectivity index (χ4v) is 4.02. The number of aromatic nitrogens is 2. The zero-order valence-corrected chi connectivity index (χ0v) is 19.7. The summed E-state index contributed by atoms with van der Waals surface area (Å²) >= 11 is 5.51. The second kappa shape index (κ2) is 9.83. The molecule has 2 N–H and O–H groups in total. The molecule has 0 spiro atoms. The van der Waals surface area contributed by atoms with E-state index in [1.54, 1.807) is 31.2 Å². The highest BCUT2D eigenvalue weighted by Crippen LogP contribution is 2.24. The van der Waals surface area contributed by atoms with Crippen molar-refractivity contribution >= 4 is 45.4 Å². The summed E-state index contributed by atoms with van der Waals surface area (Å²) in [5, 5.41) is 14.1. The number of hydrogen-bond donors (Lipinski definition) is 2. The highest BCUT2D eigenvalue weighted by Gasteiger charge is 2.14. The first-order valence-corrected chi connectivity index (χ1v) is 11.2. The van der Waals surface area contributed by atoms with Gasteiger partial charge in [-0.1, -0.05) is 42.5 Å². The van der Waals surface area contributed by atoms with Crippen LogP contribution in [0.25, 0.3) is 10.8 Å². The van der Waals surface area contributed by atoms with Gasteiger partial charge in [0.05, 0.1) is 35.8 Å². The molecule has 33 heavy (non-hydrogen) atoms. The van der Waals surface area contributed by atoms with Crippen molar-refractivity contribution < 1.29 is 9.53 Å². The lowest BCUT2D eigenvalue weighted by Gasteiger charge is -2.12. The molecular weight excluding hydrogens is 432 g/mol. The molecule has 168 valence electrons. The molecule has 7 heteroatoms. The van der Waals surface area contributed by atoms with Gasteiger partial charge in [-0.25, -0.2) is 4.79 Å². The van der Waals surface area contributed by atoms with E-state index in [1.165, 1.54) is 16.3 Å². The number of carbonyl (C=O) groups is 1. The summed E-state index contributed by atoms with van der Waals surface area (Å²) in [7, 11) is 0. The van der Waals surface area contributed by atoms with E-state index in [9.17, 15) is 4.79 Å². The molecule has 0 bridgehead atoms. The zero-order valence-electron chi connectivity index (χ0n) is 18.9. The van der Waals surface area contributed by atoms with E-state index in [1.807, 2.05) is 18.5 Å². The monoisotopic (exact) mass is 458 g/mol. The minimum absolute atomic E-state index is 0.338. The smallest absolute Gasteiger partial charge is 0.338 e. The number of aryl methyl sites for hydroxylation is 1. The van der Waals surface area contributed by atoms with Crippen molar-refractivity contribution in [3.63, 3.8) is 0 Å². The van der Waals surface area contributed by atoms with Gasteiger partial charge in [0.1, 0.15) is 0 Å². The van der Waals surface area contributed by atoms with Crippen LogP contribution in [-0.4, -0.2) is 27.5 Å². The van der Waals surface area contributed by atoms with E-state index in [0.717, 1.165) is 22.8 Å². The number of rotatable bonds is 6. The maximum atomic E-state index is 11.8. The Hall–Kier alpha value is -3.71. The summed E-state index contributed by atoms with van der Waals surface area (Å²) in [5.41, 5.74) is 5.25. The lowest BCUT2D eigenvalue weighted by atomic mass is 10.0. The molecule has 0 aliphatic rings. The molecule has 6 nitrogen and oxygen atoms in total. The molecule has 0 fully saturated rings. The molecule has 4 aromatic rings. The summed E-state index contributed by atoms with van der Waals surface area (Å²) in [5.74, 6) is -0.338. The second-order valence-corrected chi connectivity index (χ2v) is 8.13. The van der Waals surface area contributed by atoms with E-state index in [0.29, 0.717) is 23.8 Å². The van der Waals surface area contributed by atoms with Crippen LogP contribution in [0.2, 0.25) is 0 Å². The third-order valence-electron chi connectivity index (χ3n) is 5.47. The van der Waals surface area contributed by atoms with Crippen LogP contribution in [-0.2, 0) is 11.3 Å². The van der Waals surface area contributed by atoms with Crippen molar-refractivity contribution in [1.29, 1.82) is 0 Å². The van der Waals surface area contributed by atoms with Crippen LogP contribution >= 0.6 is 12.2 Å². The largest absolute Gasteiger partial charge is 0.462 e. The number of nitrogens with zero attached hydrogens (tertiary/aromatic N) is 2. The maximum absolute atomic E-state index is 11.8. The number of anilines is 2. The number of nitrogens with one attached hydrogen (secondary N) is 2. The highest BCUT2D eigenvalue weighted by atomic mass is 32.1. The van der Waals surface area contributed by atoms with Gasteiger partial charge in [0.15, 0.2) is 5.11 Å². The van der Waals surface area contributed by atoms with Gasteiger partial charge >= 0.3 is 5.97 Å². The van der Waals surface area contributed by atoms with Crippen LogP contribution in [0.15, 0.2) is 66.7 Å². The Balaban J connectivity index is 1.47. The van der Waals surface area contributed by atoms with E-state index >= 15 is 0 Å². The van der Waals surface area contributed by atoms with Crippen molar-refractivity contribution in [2.75, 3.05) is 17.2 Å². The number of carbonyl (C=O) groups excluding carboxylic acids is 1. The van der Waals surface area contributed by atoms with Gasteiger partial charge < -0.3 is 15.4 Å². The van der Waals surface area contributed by atoms with Crippen LogP contribution in [0.4, 0.5) is 11.4 Å². The molecule has 0 saturated heterocycles. The van der Waals surface area contributed by atoms with E-state index in [-0.39, 0.29) is 5.97 Å². The first-order chi connectivity index (χ1) is 16.0. The van der Waals surface area contributed by atoms with Crippen molar-refractivity contribution in [1.82, 2.24) is 9.78 Å². The number of esters is 1. The quantitative estimate of drug-likeness (QED) is 0.286. The SMILES string of the molecule is CCOC(=O)c1ccc(NC(=S)Nc2c(C)nn(Cc3cccc4ccccc34)c2C)cc1. The minimum Gasteiger partial charge on any atom is -0.462 e. The van der Waals surface area contributed by atoms with Crippen LogP contribution in [0, 0.1) is 13.8 Å². The first kappa shape index (κ1) is 22.5. The van der Waals surface area contributed by atoms with Gasteiger partial charge in [0.2, 0.25) is 0 Å². The summed E-state index contributed by atoms with van der Waals surface area (Å²) in [6.07, 6.45) is 0. The Morgan fingerprint density at radius 3 is 2.48 bits per heavy atom. The topological polar surface area (TPSA) is 68.2 Å². The van der Waals surface area contributed by atoms with Crippen molar-refractivity contribution in [3.8, 4) is 0 Å². The predicted molar refractivity (Wildman–Crippen MR) is 137 cm³/mol. The summed E-state index contributed by atoms with van der Waals surface area (Å²) in [6.45, 7) is 6.80. The number of fused-ring (bicyclic) bond motifs is 1. The van der Waals surface area contributed by atoms with Gasteiger partial charge in [-0.15, -0.1) is 0 Å². The number of hydrogen-bond acceptors (Lipinski definition) is 4. The molecule has 0 saturated carbocycles. The summed E-state index contributed by atoms with van der Waals surface area (Å²) < 4.78 is 7.01.